The highest BCUT2D eigenvalue weighted by Gasteiger charge is 2.13. The topological polar surface area (TPSA) is 123 Å². The molecule has 2 aromatic carbocycles. The average Bonchev–Trinajstić information content (AvgIpc) is 2.92. The molecule has 0 atom stereocenters. The molecular formula is C28H29N5O4S. The van der Waals surface area contributed by atoms with Crippen LogP contribution in [-0.2, 0) is 16.5 Å². The molecule has 0 unspecified atom stereocenters. The number of anilines is 3. The number of carbonyl (C=O) groups excluding carboxylic acids is 1. The van der Waals surface area contributed by atoms with Crippen molar-refractivity contribution in [3.05, 3.63) is 89.9 Å². The minimum absolute atomic E-state index is 0.143. The Kier molecular flexibility index (Phi) is 8.99. The van der Waals surface area contributed by atoms with Gasteiger partial charge in [-0.2, -0.15) is 0 Å². The molecule has 0 radical (unpaired) electrons. The van der Waals surface area contributed by atoms with Gasteiger partial charge in [0.15, 0.2) is 0 Å². The summed E-state index contributed by atoms with van der Waals surface area (Å²) >= 11 is 0. The van der Waals surface area contributed by atoms with Gasteiger partial charge < -0.3 is 15.4 Å². The second kappa shape index (κ2) is 12.8. The highest BCUT2D eigenvalue weighted by atomic mass is 32.2. The summed E-state index contributed by atoms with van der Waals surface area (Å²) in [6, 6.07) is 15.9. The molecule has 0 fully saturated rings. The lowest BCUT2D eigenvalue weighted by molar-refractivity contribution is 0.102. The number of benzene rings is 2. The molecule has 0 saturated heterocycles. The maximum absolute atomic E-state index is 13.0. The Morgan fingerprint density at radius 2 is 1.92 bits per heavy atom. The van der Waals surface area contributed by atoms with Gasteiger partial charge in [-0.1, -0.05) is 25.5 Å². The molecule has 2 N–H and O–H groups in total. The van der Waals surface area contributed by atoms with Crippen LogP contribution in [-0.4, -0.2) is 35.9 Å². The Bertz CT molecular complexity index is 1480. The Balaban J connectivity index is 1.52. The number of amides is 1. The molecule has 0 aliphatic heterocycles. The van der Waals surface area contributed by atoms with E-state index in [0.717, 1.165) is 35.3 Å². The Morgan fingerprint density at radius 1 is 1.05 bits per heavy atom. The predicted octanol–water partition coefficient (Wildman–Crippen LogP) is 5.13. The molecular weight excluding hydrogens is 502 g/mol. The second-order valence-corrected chi connectivity index (χ2v) is 9.61. The van der Waals surface area contributed by atoms with Gasteiger partial charge in [-0.3, -0.25) is 9.78 Å². The van der Waals surface area contributed by atoms with E-state index in [4.69, 9.17) is 4.74 Å². The van der Waals surface area contributed by atoms with Gasteiger partial charge in [-0.25, -0.2) is 18.4 Å². The van der Waals surface area contributed by atoms with E-state index in [2.05, 4.69) is 25.6 Å². The number of unbranched alkanes of at least 4 members (excludes halogenated alkanes) is 1. The summed E-state index contributed by atoms with van der Waals surface area (Å²) in [5.74, 6) is 0.338. The van der Waals surface area contributed by atoms with E-state index in [1.807, 2.05) is 44.2 Å². The number of carbonyl (C=O) groups is 1. The Hall–Kier alpha value is -4.31. The van der Waals surface area contributed by atoms with Crippen LogP contribution in [0.5, 0.6) is 5.75 Å². The van der Waals surface area contributed by atoms with Crippen molar-refractivity contribution in [2.24, 2.45) is 0 Å². The van der Waals surface area contributed by atoms with Gasteiger partial charge in [0.05, 0.1) is 18.1 Å². The highest BCUT2D eigenvalue weighted by molar-refractivity contribution is 7.71. The van der Waals surface area contributed by atoms with Gasteiger partial charge in [0.1, 0.15) is 16.5 Å². The number of hydrogen-bond acceptors (Lipinski definition) is 8. The van der Waals surface area contributed by atoms with Crippen LogP contribution in [0.15, 0.2) is 73.2 Å². The van der Waals surface area contributed by atoms with E-state index in [1.165, 1.54) is 0 Å². The van der Waals surface area contributed by atoms with Crippen LogP contribution in [0.3, 0.4) is 0 Å². The molecule has 4 rings (SSSR count). The SMILES string of the molecule is CCCCOc1cc(C(=O)Nc2ccc(C)c(Nc3nccc(-c4cccnc4)n3)c2)ccc1C[SH](=O)=O. The van der Waals surface area contributed by atoms with Gasteiger partial charge in [0.25, 0.3) is 5.91 Å². The fraction of sp³-hybridized carbons (Fsp3) is 0.214. The zero-order valence-electron chi connectivity index (χ0n) is 21.2. The van der Waals surface area contributed by atoms with Crippen molar-refractivity contribution in [3.8, 4) is 17.0 Å². The molecule has 0 aliphatic rings. The predicted molar refractivity (Wildman–Crippen MR) is 149 cm³/mol. The molecule has 0 spiro atoms. The quantitative estimate of drug-likeness (QED) is 0.180. The van der Waals surface area contributed by atoms with Gasteiger partial charge in [0, 0.05) is 46.7 Å². The molecule has 0 aliphatic carbocycles. The normalized spacial score (nSPS) is 10.8. The van der Waals surface area contributed by atoms with E-state index < -0.39 is 10.7 Å². The van der Waals surface area contributed by atoms with E-state index in [0.29, 0.717) is 35.1 Å². The van der Waals surface area contributed by atoms with E-state index >= 15 is 0 Å². The smallest absolute Gasteiger partial charge is 0.255 e. The number of aryl methyl sites for hydroxylation is 1. The lowest BCUT2D eigenvalue weighted by Crippen LogP contribution is -2.13. The minimum atomic E-state index is -2.62. The number of rotatable bonds is 11. The summed E-state index contributed by atoms with van der Waals surface area (Å²) in [6.45, 7) is 4.43. The molecule has 196 valence electrons. The molecule has 10 heteroatoms. The highest BCUT2D eigenvalue weighted by Crippen LogP contribution is 2.26. The summed E-state index contributed by atoms with van der Waals surface area (Å²) in [5, 5.41) is 6.13. The van der Waals surface area contributed by atoms with Crippen LogP contribution in [0.1, 0.15) is 41.3 Å². The number of thiol groups is 1. The first-order chi connectivity index (χ1) is 18.4. The van der Waals surface area contributed by atoms with Crippen molar-refractivity contribution in [2.45, 2.75) is 32.4 Å². The van der Waals surface area contributed by atoms with Crippen molar-refractivity contribution in [2.75, 3.05) is 17.2 Å². The third-order valence-electron chi connectivity index (χ3n) is 5.74. The Labute approximate surface area is 223 Å². The summed E-state index contributed by atoms with van der Waals surface area (Å²) in [6.07, 6.45) is 6.88. The lowest BCUT2D eigenvalue weighted by Gasteiger charge is -2.14. The van der Waals surface area contributed by atoms with Crippen molar-refractivity contribution in [1.29, 1.82) is 0 Å². The van der Waals surface area contributed by atoms with E-state index in [-0.39, 0.29) is 11.7 Å². The zero-order valence-corrected chi connectivity index (χ0v) is 22.1. The van der Waals surface area contributed by atoms with Crippen LogP contribution < -0.4 is 15.4 Å². The van der Waals surface area contributed by atoms with Crippen molar-refractivity contribution in [1.82, 2.24) is 15.0 Å². The first-order valence-electron chi connectivity index (χ1n) is 12.2. The van der Waals surface area contributed by atoms with Gasteiger partial charge in [-0.05, 0) is 61.4 Å². The third-order valence-corrected chi connectivity index (χ3v) is 6.34. The Morgan fingerprint density at radius 3 is 2.68 bits per heavy atom. The maximum atomic E-state index is 13.0. The molecule has 9 nitrogen and oxygen atoms in total. The zero-order chi connectivity index (χ0) is 26.9. The molecule has 0 bridgehead atoms. The third kappa shape index (κ3) is 7.13. The first kappa shape index (κ1) is 26.7. The first-order valence-corrected chi connectivity index (χ1v) is 13.6. The second-order valence-electron chi connectivity index (χ2n) is 8.63. The van der Waals surface area contributed by atoms with Gasteiger partial charge >= 0.3 is 0 Å². The van der Waals surface area contributed by atoms with Crippen molar-refractivity contribution < 1.29 is 17.9 Å². The summed E-state index contributed by atoms with van der Waals surface area (Å²) in [4.78, 5) is 26.1. The number of ether oxygens (including phenoxy) is 1. The monoisotopic (exact) mass is 531 g/mol. The van der Waals surface area contributed by atoms with Crippen LogP contribution >= 0.6 is 0 Å². The van der Waals surface area contributed by atoms with Gasteiger partial charge in [0.2, 0.25) is 5.95 Å². The number of nitrogens with one attached hydrogen (secondary N) is 2. The fourth-order valence-electron chi connectivity index (χ4n) is 3.68. The maximum Gasteiger partial charge on any atom is 0.255 e. The average molecular weight is 532 g/mol. The fourth-order valence-corrected chi connectivity index (χ4v) is 4.22. The molecule has 0 saturated carbocycles. The summed E-state index contributed by atoms with van der Waals surface area (Å²) < 4.78 is 28.3. The van der Waals surface area contributed by atoms with Crippen LogP contribution in [0, 0.1) is 6.92 Å². The molecule has 4 aromatic rings. The number of pyridine rings is 1. The summed E-state index contributed by atoms with van der Waals surface area (Å²) in [7, 11) is -2.62. The molecule has 2 aromatic heterocycles. The van der Waals surface area contributed by atoms with Gasteiger partial charge in [-0.15, -0.1) is 0 Å². The number of nitrogens with zero attached hydrogens (tertiary/aromatic N) is 3. The molecule has 38 heavy (non-hydrogen) atoms. The van der Waals surface area contributed by atoms with Crippen LogP contribution in [0.2, 0.25) is 0 Å². The van der Waals surface area contributed by atoms with E-state index in [1.54, 1.807) is 42.9 Å². The molecule has 2 heterocycles. The number of hydrogen-bond donors (Lipinski definition) is 3. The largest absolute Gasteiger partial charge is 0.493 e. The van der Waals surface area contributed by atoms with E-state index in [9.17, 15) is 13.2 Å². The standard InChI is InChI=1S/C28H29N5O4S/c1-3-4-14-37-26-15-20(8-9-22(26)18-38(35)36)27(34)31-23-10-7-19(2)25(16-23)33-28-30-13-11-24(32-28)21-6-5-12-29-17-21/h5-13,15-17,38H,3-4,14,18H2,1-2H3,(H,31,34)(H,30,32,33). The van der Waals surface area contributed by atoms with Crippen molar-refractivity contribution in [3.63, 3.8) is 0 Å². The van der Waals surface area contributed by atoms with Crippen LogP contribution in [0.4, 0.5) is 17.3 Å². The van der Waals surface area contributed by atoms with Crippen molar-refractivity contribution >= 4 is 33.9 Å². The lowest BCUT2D eigenvalue weighted by atomic mass is 10.1. The van der Waals surface area contributed by atoms with Crippen LogP contribution in [0.25, 0.3) is 11.3 Å². The minimum Gasteiger partial charge on any atom is -0.493 e. The number of aromatic nitrogens is 3. The summed E-state index contributed by atoms with van der Waals surface area (Å²) in [5.41, 5.74) is 4.77. The molecule has 1 amide bonds.